The number of hydrogen-bond acceptors (Lipinski definition) is 5. The van der Waals surface area contributed by atoms with E-state index in [-0.39, 0.29) is 28.8 Å². The van der Waals surface area contributed by atoms with Crippen molar-refractivity contribution < 1.29 is 19.4 Å². The quantitative estimate of drug-likeness (QED) is 0.621. The van der Waals surface area contributed by atoms with Crippen molar-refractivity contribution in [2.45, 2.75) is 6.42 Å². The molecule has 0 saturated heterocycles. The fraction of sp³-hybridized carbons (Fsp3) is 0.176. The van der Waals surface area contributed by atoms with Crippen molar-refractivity contribution in [3.05, 3.63) is 52.5 Å². The van der Waals surface area contributed by atoms with Gasteiger partial charge in [0, 0.05) is 5.56 Å². The molecule has 0 spiro atoms. The maximum Gasteiger partial charge on any atom is 0.244 e. The number of methoxy groups -OCH3 is 2. The van der Waals surface area contributed by atoms with Crippen molar-refractivity contribution in [3.8, 4) is 17.2 Å². The monoisotopic (exact) mass is 348 g/mol. The predicted molar refractivity (Wildman–Crippen MR) is 92.1 cm³/mol. The summed E-state index contributed by atoms with van der Waals surface area (Å²) in [5.41, 5.74) is 3.71. The second kappa shape index (κ2) is 8.21. The molecule has 6 nitrogen and oxygen atoms in total. The van der Waals surface area contributed by atoms with Crippen LogP contribution in [0.5, 0.6) is 17.2 Å². The van der Waals surface area contributed by atoms with E-state index < -0.39 is 0 Å². The van der Waals surface area contributed by atoms with Crippen LogP contribution in [0.25, 0.3) is 0 Å². The van der Waals surface area contributed by atoms with Gasteiger partial charge in [0.15, 0.2) is 11.5 Å². The number of hydrazone groups is 1. The van der Waals surface area contributed by atoms with Crippen LogP contribution in [0.3, 0.4) is 0 Å². The predicted octanol–water partition coefficient (Wildman–Crippen LogP) is 2.76. The summed E-state index contributed by atoms with van der Waals surface area (Å²) in [5.74, 6) is 0.546. The highest BCUT2D eigenvalue weighted by Gasteiger charge is 2.10. The maximum absolute atomic E-state index is 11.9. The first-order valence-electron chi connectivity index (χ1n) is 7.05. The van der Waals surface area contributed by atoms with Crippen LogP contribution in [0.2, 0.25) is 5.02 Å². The van der Waals surface area contributed by atoms with Crippen LogP contribution in [0.15, 0.2) is 41.5 Å². The number of aromatic hydroxyl groups is 1. The lowest BCUT2D eigenvalue weighted by Crippen LogP contribution is -2.19. The van der Waals surface area contributed by atoms with Gasteiger partial charge in [-0.3, -0.25) is 4.79 Å². The van der Waals surface area contributed by atoms with Gasteiger partial charge in [0.25, 0.3) is 0 Å². The van der Waals surface area contributed by atoms with Crippen molar-refractivity contribution in [2.75, 3.05) is 14.2 Å². The molecule has 2 aromatic carbocycles. The molecule has 2 rings (SSSR count). The summed E-state index contributed by atoms with van der Waals surface area (Å²) in [6.45, 7) is 0. The molecule has 0 aliphatic rings. The second-order valence-corrected chi connectivity index (χ2v) is 5.22. The number of phenolic OH excluding ortho intramolecular Hbond substituents is 1. The summed E-state index contributed by atoms with van der Waals surface area (Å²) in [7, 11) is 3.01. The van der Waals surface area contributed by atoms with Gasteiger partial charge in [-0.2, -0.15) is 5.10 Å². The SMILES string of the molecule is COc1ccc(CC(=O)N/N=C\c2ccc(OC)c(O)c2Cl)cc1. The summed E-state index contributed by atoms with van der Waals surface area (Å²) < 4.78 is 10.0. The molecule has 7 heteroatoms. The zero-order valence-electron chi connectivity index (χ0n) is 13.2. The molecule has 0 heterocycles. The minimum Gasteiger partial charge on any atom is -0.503 e. The number of amides is 1. The first-order valence-corrected chi connectivity index (χ1v) is 7.43. The van der Waals surface area contributed by atoms with Gasteiger partial charge in [-0.1, -0.05) is 23.7 Å². The van der Waals surface area contributed by atoms with Gasteiger partial charge in [-0.15, -0.1) is 0 Å². The van der Waals surface area contributed by atoms with Crippen LogP contribution in [-0.2, 0) is 11.2 Å². The van der Waals surface area contributed by atoms with E-state index in [1.165, 1.54) is 13.3 Å². The number of ether oxygens (including phenoxy) is 2. The highest BCUT2D eigenvalue weighted by atomic mass is 35.5. The van der Waals surface area contributed by atoms with Crippen molar-refractivity contribution >= 4 is 23.7 Å². The van der Waals surface area contributed by atoms with Crippen LogP contribution < -0.4 is 14.9 Å². The smallest absolute Gasteiger partial charge is 0.244 e. The lowest BCUT2D eigenvalue weighted by atomic mass is 10.1. The zero-order chi connectivity index (χ0) is 17.5. The fourth-order valence-corrected chi connectivity index (χ4v) is 2.17. The van der Waals surface area contributed by atoms with Crippen LogP contribution in [0.1, 0.15) is 11.1 Å². The largest absolute Gasteiger partial charge is 0.503 e. The van der Waals surface area contributed by atoms with Gasteiger partial charge in [0.05, 0.1) is 31.9 Å². The second-order valence-electron chi connectivity index (χ2n) is 4.84. The van der Waals surface area contributed by atoms with E-state index in [2.05, 4.69) is 10.5 Å². The highest BCUT2D eigenvalue weighted by molar-refractivity contribution is 6.34. The Bertz CT molecular complexity index is 745. The summed E-state index contributed by atoms with van der Waals surface area (Å²) in [5, 5.41) is 13.8. The standard InChI is InChI=1S/C17H17ClN2O4/c1-23-13-6-3-11(4-7-13)9-15(21)20-19-10-12-5-8-14(24-2)17(22)16(12)18/h3-8,10,22H,9H2,1-2H3,(H,20,21)/b19-10-. The molecule has 24 heavy (non-hydrogen) atoms. The third-order valence-electron chi connectivity index (χ3n) is 3.25. The minimum absolute atomic E-state index is 0.0995. The number of phenols is 1. The van der Waals surface area contributed by atoms with Gasteiger partial charge >= 0.3 is 0 Å². The average Bonchev–Trinajstić information content (AvgIpc) is 2.59. The van der Waals surface area contributed by atoms with Crippen molar-refractivity contribution in [3.63, 3.8) is 0 Å². The van der Waals surface area contributed by atoms with E-state index >= 15 is 0 Å². The van der Waals surface area contributed by atoms with E-state index in [1.54, 1.807) is 43.5 Å². The summed E-state index contributed by atoms with van der Waals surface area (Å²) in [6, 6.07) is 10.4. The number of benzene rings is 2. The van der Waals surface area contributed by atoms with E-state index in [0.29, 0.717) is 5.56 Å². The van der Waals surface area contributed by atoms with E-state index in [1.807, 2.05) is 0 Å². The molecular weight excluding hydrogens is 332 g/mol. The van der Waals surface area contributed by atoms with Crippen LogP contribution in [-0.4, -0.2) is 31.4 Å². The van der Waals surface area contributed by atoms with Crippen molar-refractivity contribution in [1.29, 1.82) is 0 Å². The van der Waals surface area contributed by atoms with Crippen LogP contribution in [0, 0.1) is 0 Å². The van der Waals surface area contributed by atoms with Gasteiger partial charge in [-0.25, -0.2) is 5.43 Å². The summed E-state index contributed by atoms with van der Waals surface area (Å²) in [6.07, 6.45) is 1.54. The molecule has 2 aromatic rings. The Hall–Kier alpha value is -2.73. The molecule has 0 unspecified atom stereocenters. The third-order valence-corrected chi connectivity index (χ3v) is 3.64. The van der Waals surface area contributed by atoms with Crippen molar-refractivity contribution in [1.82, 2.24) is 5.43 Å². The normalized spacial score (nSPS) is 10.6. The number of nitrogens with one attached hydrogen (secondary N) is 1. The van der Waals surface area contributed by atoms with Gasteiger partial charge in [0.1, 0.15) is 5.75 Å². The summed E-state index contributed by atoms with van der Waals surface area (Å²) >= 11 is 6.00. The lowest BCUT2D eigenvalue weighted by Gasteiger charge is -2.06. The van der Waals surface area contributed by atoms with E-state index in [9.17, 15) is 9.90 Å². The Labute approximate surface area is 144 Å². The van der Waals surface area contributed by atoms with Gasteiger partial charge in [-0.05, 0) is 29.8 Å². The van der Waals surface area contributed by atoms with Gasteiger partial charge in [0.2, 0.25) is 5.91 Å². The maximum atomic E-state index is 11.9. The molecule has 0 aliphatic heterocycles. The van der Waals surface area contributed by atoms with Crippen LogP contribution in [0.4, 0.5) is 0 Å². The Morgan fingerprint density at radius 3 is 2.54 bits per heavy atom. The van der Waals surface area contributed by atoms with Crippen LogP contribution >= 0.6 is 11.6 Å². The van der Waals surface area contributed by atoms with Crippen molar-refractivity contribution in [2.24, 2.45) is 5.10 Å². The first kappa shape index (κ1) is 17.6. The number of nitrogens with zero attached hydrogens (tertiary/aromatic N) is 1. The zero-order valence-corrected chi connectivity index (χ0v) is 14.0. The lowest BCUT2D eigenvalue weighted by molar-refractivity contribution is -0.120. The molecule has 0 fully saturated rings. The Kier molecular flexibility index (Phi) is 6.03. The molecule has 0 aromatic heterocycles. The molecule has 1 amide bonds. The molecule has 0 radical (unpaired) electrons. The molecule has 0 saturated carbocycles. The molecule has 126 valence electrons. The Balaban J connectivity index is 1.95. The Morgan fingerprint density at radius 1 is 1.21 bits per heavy atom. The molecular formula is C17H17ClN2O4. The molecule has 0 aliphatic carbocycles. The number of hydrogen-bond donors (Lipinski definition) is 2. The molecule has 2 N–H and O–H groups in total. The number of carbonyl (C=O) groups excluding carboxylic acids is 1. The molecule has 0 bridgehead atoms. The molecule has 0 atom stereocenters. The third kappa shape index (κ3) is 4.39. The highest BCUT2D eigenvalue weighted by Crippen LogP contribution is 2.35. The topological polar surface area (TPSA) is 80.2 Å². The van der Waals surface area contributed by atoms with Gasteiger partial charge < -0.3 is 14.6 Å². The number of carbonyl (C=O) groups is 1. The van der Waals surface area contributed by atoms with E-state index in [0.717, 1.165) is 11.3 Å². The number of halogens is 1. The fourth-order valence-electron chi connectivity index (χ4n) is 1.97. The first-order chi connectivity index (χ1) is 11.5. The number of rotatable bonds is 6. The Morgan fingerprint density at radius 2 is 1.92 bits per heavy atom. The minimum atomic E-state index is -0.273. The average molecular weight is 349 g/mol. The van der Waals surface area contributed by atoms with E-state index in [4.69, 9.17) is 21.1 Å². The summed E-state index contributed by atoms with van der Waals surface area (Å²) in [4.78, 5) is 11.9.